The van der Waals surface area contributed by atoms with E-state index in [0.717, 1.165) is 25.9 Å². The number of hydrogen-bond donors (Lipinski definition) is 2. The van der Waals surface area contributed by atoms with Gasteiger partial charge in [-0.1, -0.05) is 13.8 Å². The molecule has 1 aliphatic heterocycles. The van der Waals surface area contributed by atoms with E-state index in [0.29, 0.717) is 0 Å². The average Bonchev–Trinajstić information content (AvgIpc) is 2.38. The lowest BCUT2D eigenvalue weighted by atomic mass is 10.0. The molecule has 1 aliphatic rings. The van der Waals surface area contributed by atoms with Gasteiger partial charge in [-0.05, 0) is 32.1 Å². The highest BCUT2D eigenvalue weighted by molar-refractivity contribution is 5.87. The monoisotopic (exact) mass is 269 g/mol. The van der Waals surface area contributed by atoms with Crippen molar-refractivity contribution in [2.24, 2.45) is 11.7 Å². The van der Waals surface area contributed by atoms with Gasteiger partial charge < -0.3 is 16.0 Å². The first-order valence-corrected chi connectivity index (χ1v) is 7.25. The first-order chi connectivity index (χ1) is 8.91. The van der Waals surface area contributed by atoms with Gasteiger partial charge in [-0.15, -0.1) is 0 Å². The Hall–Kier alpha value is -1.10. The molecular weight excluding hydrogens is 242 g/mol. The van der Waals surface area contributed by atoms with Gasteiger partial charge in [0.1, 0.15) is 6.04 Å². The van der Waals surface area contributed by atoms with Crippen LogP contribution in [0.1, 0.15) is 46.5 Å². The third kappa shape index (κ3) is 5.19. The molecule has 0 aromatic heterocycles. The summed E-state index contributed by atoms with van der Waals surface area (Å²) in [6.45, 7) is 7.34. The standard InChI is InChI=1S/C14H27N3O2/c1-10(2)12(15)9-13(18)16-11(3)14(19)17-7-5-4-6-8-17/h10-12H,4-9,15H2,1-3H3,(H,16,18). The molecule has 1 heterocycles. The Labute approximate surface area is 115 Å². The smallest absolute Gasteiger partial charge is 0.244 e. The van der Waals surface area contributed by atoms with Gasteiger partial charge in [0, 0.05) is 25.6 Å². The second kappa shape index (κ2) is 7.48. The van der Waals surface area contributed by atoms with Gasteiger partial charge in [0.15, 0.2) is 0 Å². The van der Waals surface area contributed by atoms with Crippen molar-refractivity contribution in [3.63, 3.8) is 0 Å². The van der Waals surface area contributed by atoms with Crippen molar-refractivity contribution < 1.29 is 9.59 Å². The molecule has 5 nitrogen and oxygen atoms in total. The maximum Gasteiger partial charge on any atom is 0.244 e. The summed E-state index contributed by atoms with van der Waals surface area (Å²) in [5.41, 5.74) is 5.86. The Balaban J connectivity index is 2.38. The summed E-state index contributed by atoms with van der Waals surface area (Å²) in [5, 5.41) is 2.75. The molecule has 0 aromatic rings. The summed E-state index contributed by atoms with van der Waals surface area (Å²) in [5.74, 6) is 0.143. The van der Waals surface area contributed by atoms with Crippen molar-refractivity contribution in [1.82, 2.24) is 10.2 Å². The van der Waals surface area contributed by atoms with E-state index in [9.17, 15) is 9.59 Å². The summed E-state index contributed by atoms with van der Waals surface area (Å²) in [7, 11) is 0. The van der Waals surface area contributed by atoms with Gasteiger partial charge in [-0.3, -0.25) is 9.59 Å². The van der Waals surface area contributed by atoms with Crippen LogP contribution in [0.15, 0.2) is 0 Å². The second-order valence-corrected chi connectivity index (χ2v) is 5.79. The van der Waals surface area contributed by atoms with E-state index in [2.05, 4.69) is 5.32 Å². The molecule has 0 saturated carbocycles. The van der Waals surface area contributed by atoms with Gasteiger partial charge in [-0.25, -0.2) is 0 Å². The fourth-order valence-corrected chi connectivity index (χ4v) is 2.20. The van der Waals surface area contributed by atoms with Crippen molar-refractivity contribution in [3.8, 4) is 0 Å². The molecule has 0 radical (unpaired) electrons. The zero-order valence-electron chi connectivity index (χ0n) is 12.3. The fourth-order valence-electron chi connectivity index (χ4n) is 2.20. The van der Waals surface area contributed by atoms with Gasteiger partial charge >= 0.3 is 0 Å². The molecule has 2 atom stereocenters. The van der Waals surface area contributed by atoms with E-state index < -0.39 is 6.04 Å². The number of nitrogens with two attached hydrogens (primary N) is 1. The number of hydrogen-bond acceptors (Lipinski definition) is 3. The van der Waals surface area contributed by atoms with E-state index >= 15 is 0 Å². The SMILES string of the molecule is CC(NC(=O)CC(N)C(C)C)C(=O)N1CCCCC1. The summed E-state index contributed by atoms with van der Waals surface area (Å²) < 4.78 is 0. The molecule has 0 aromatic carbocycles. The molecule has 110 valence electrons. The summed E-state index contributed by atoms with van der Waals surface area (Å²) in [6, 6.07) is -0.609. The minimum atomic E-state index is -0.454. The molecule has 0 spiro atoms. The number of amides is 2. The minimum absolute atomic E-state index is 0.0196. The Morgan fingerprint density at radius 2 is 1.74 bits per heavy atom. The van der Waals surface area contributed by atoms with Crippen LogP contribution in [0.4, 0.5) is 0 Å². The maximum absolute atomic E-state index is 12.1. The molecule has 0 bridgehead atoms. The highest BCUT2D eigenvalue weighted by atomic mass is 16.2. The van der Waals surface area contributed by atoms with E-state index in [1.807, 2.05) is 18.7 Å². The van der Waals surface area contributed by atoms with Crippen LogP contribution in [0.2, 0.25) is 0 Å². The van der Waals surface area contributed by atoms with Gasteiger partial charge in [0.25, 0.3) is 0 Å². The highest BCUT2D eigenvalue weighted by Crippen LogP contribution is 2.10. The van der Waals surface area contributed by atoms with Crippen LogP contribution in [0.3, 0.4) is 0 Å². The number of piperidine rings is 1. The molecule has 0 aliphatic carbocycles. The molecule has 5 heteroatoms. The van der Waals surface area contributed by atoms with E-state index in [4.69, 9.17) is 5.73 Å². The number of carbonyl (C=O) groups excluding carboxylic acids is 2. The lowest BCUT2D eigenvalue weighted by Crippen LogP contribution is -2.49. The van der Waals surface area contributed by atoms with Crippen molar-refractivity contribution in [2.45, 2.75) is 58.5 Å². The molecule has 2 unspecified atom stereocenters. The quantitative estimate of drug-likeness (QED) is 0.778. The Bertz CT molecular complexity index is 312. The van der Waals surface area contributed by atoms with E-state index in [1.165, 1.54) is 6.42 Å². The van der Waals surface area contributed by atoms with Crippen LogP contribution in [0, 0.1) is 5.92 Å². The third-order valence-electron chi connectivity index (χ3n) is 3.69. The molecular formula is C14H27N3O2. The zero-order valence-corrected chi connectivity index (χ0v) is 12.3. The molecule has 2 amide bonds. The van der Waals surface area contributed by atoms with Crippen LogP contribution in [-0.4, -0.2) is 41.9 Å². The first kappa shape index (κ1) is 16.0. The minimum Gasteiger partial charge on any atom is -0.345 e. The number of likely N-dealkylation sites (tertiary alicyclic amines) is 1. The van der Waals surface area contributed by atoms with Gasteiger partial charge in [0.05, 0.1) is 0 Å². The average molecular weight is 269 g/mol. The predicted octanol–water partition coefficient (Wildman–Crippen LogP) is 0.877. The Kier molecular flexibility index (Phi) is 6.28. The number of nitrogens with zero attached hydrogens (tertiary/aromatic N) is 1. The van der Waals surface area contributed by atoms with E-state index in [1.54, 1.807) is 6.92 Å². The molecule has 19 heavy (non-hydrogen) atoms. The van der Waals surface area contributed by atoms with Crippen LogP contribution in [-0.2, 0) is 9.59 Å². The van der Waals surface area contributed by atoms with Crippen LogP contribution in [0.25, 0.3) is 0 Å². The normalized spacial score (nSPS) is 19.1. The van der Waals surface area contributed by atoms with Crippen molar-refractivity contribution >= 4 is 11.8 Å². The summed E-state index contributed by atoms with van der Waals surface area (Å²) >= 11 is 0. The number of carbonyl (C=O) groups is 2. The van der Waals surface area contributed by atoms with Gasteiger partial charge in [0.2, 0.25) is 11.8 Å². The van der Waals surface area contributed by atoms with Crippen LogP contribution in [0.5, 0.6) is 0 Å². The molecule has 1 saturated heterocycles. The third-order valence-corrected chi connectivity index (χ3v) is 3.69. The zero-order chi connectivity index (χ0) is 14.4. The van der Waals surface area contributed by atoms with Crippen LogP contribution >= 0.6 is 0 Å². The maximum atomic E-state index is 12.1. The second-order valence-electron chi connectivity index (χ2n) is 5.79. The van der Waals surface area contributed by atoms with Crippen molar-refractivity contribution in [3.05, 3.63) is 0 Å². The molecule has 3 N–H and O–H groups in total. The summed E-state index contributed by atoms with van der Waals surface area (Å²) in [6.07, 6.45) is 3.58. The van der Waals surface area contributed by atoms with Crippen molar-refractivity contribution in [2.75, 3.05) is 13.1 Å². The number of nitrogens with one attached hydrogen (secondary N) is 1. The molecule has 1 rings (SSSR count). The molecule has 1 fully saturated rings. The largest absolute Gasteiger partial charge is 0.345 e. The lowest BCUT2D eigenvalue weighted by Gasteiger charge is -2.29. The summed E-state index contributed by atoms with van der Waals surface area (Å²) in [4.78, 5) is 25.8. The van der Waals surface area contributed by atoms with Crippen LogP contribution < -0.4 is 11.1 Å². The Morgan fingerprint density at radius 3 is 2.26 bits per heavy atom. The van der Waals surface area contributed by atoms with Crippen molar-refractivity contribution in [1.29, 1.82) is 0 Å². The Morgan fingerprint density at radius 1 is 1.16 bits per heavy atom. The first-order valence-electron chi connectivity index (χ1n) is 7.25. The highest BCUT2D eigenvalue weighted by Gasteiger charge is 2.24. The fraction of sp³-hybridized carbons (Fsp3) is 0.857. The number of rotatable bonds is 5. The van der Waals surface area contributed by atoms with Gasteiger partial charge in [-0.2, -0.15) is 0 Å². The lowest BCUT2D eigenvalue weighted by molar-refractivity contribution is -0.136. The van der Waals surface area contributed by atoms with E-state index in [-0.39, 0.29) is 30.2 Å². The topological polar surface area (TPSA) is 75.4 Å². The predicted molar refractivity (Wildman–Crippen MR) is 75.5 cm³/mol.